The molecule has 0 heterocycles. The summed E-state index contributed by atoms with van der Waals surface area (Å²) in [7, 11) is 1.53. The quantitative estimate of drug-likeness (QED) is 0.808. The second-order valence-electron chi connectivity index (χ2n) is 5.81. The first-order valence-corrected chi connectivity index (χ1v) is 8.07. The van der Waals surface area contributed by atoms with E-state index in [-0.39, 0.29) is 6.42 Å². The average Bonchev–Trinajstić information content (AvgIpc) is 2.61. The average molecular weight is 352 g/mol. The van der Waals surface area contributed by atoms with Crippen LogP contribution in [0.15, 0.2) is 42.5 Å². The molecule has 6 nitrogen and oxygen atoms in total. The van der Waals surface area contributed by atoms with E-state index in [1.807, 2.05) is 25.1 Å². The van der Waals surface area contributed by atoms with Gasteiger partial charge in [0.2, 0.25) is 0 Å². The summed E-state index contributed by atoms with van der Waals surface area (Å²) in [6, 6.07) is 14.0. The van der Waals surface area contributed by atoms with Gasteiger partial charge in [-0.2, -0.15) is 5.26 Å². The predicted molar refractivity (Wildman–Crippen MR) is 96.8 cm³/mol. The molecule has 134 valence electrons. The summed E-state index contributed by atoms with van der Waals surface area (Å²) < 4.78 is 10.5. The van der Waals surface area contributed by atoms with Crippen LogP contribution in [0.3, 0.4) is 0 Å². The smallest absolute Gasteiger partial charge is 0.311 e. The Hall–Kier alpha value is -3.33. The highest BCUT2D eigenvalue weighted by atomic mass is 16.5. The molecule has 0 unspecified atom stereocenters. The lowest BCUT2D eigenvalue weighted by atomic mass is 10.1. The first-order chi connectivity index (χ1) is 12.4. The lowest BCUT2D eigenvalue weighted by Gasteiger charge is -2.14. The number of carbonyl (C=O) groups is 2. The fourth-order valence-corrected chi connectivity index (χ4v) is 2.40. The molecule has 0 fully saturated rings. The summed E-state index contributed by atoms with van der Waals surface area (Å²) in [6.45, 7) is 3.41. The number of nitriles is 1. The van der Waals surface area contributed by atoms with Crippen molar-refractivity contribution in [3.05, 3.63) is 59.2 Å². The van der Waals surface area contributed by atoms with Gasteiger partial charge in [0, 0.05) is 11.3 Å². The number of rotatable bonds is 6. The van der Waals surface area contributed by atoms with Crippen molar-refractivity contribution >= 4 is 17.6 Å². The normalized spacial score (nSPS) is 11.2. The highest BCUT2D eigenvalue weighted by Crippen LogP contribution is 2.20. The summed E-state index contributed by atoms with van der Waals surface area (Å²) >= 11 is 0. The van der Waals surface area contributed by atoms with Crippen LogP contribution in [0.2, 0.25) is 0 Å². The fourth-order valence-electron chi connectivity index (χ4n) is 2.40. The van der Waals surface area contributed by atoms with Gasteiger partial charge in [-0.25, -0.2) is 0 Å². The zero-order chi connectivity index (χ0) is 19.1. The van der Waals surface area contributed by atoms with Crippen LogP contribution in [0.25, 0.3) is 0 Å². The minimum atomic E-state index is -0.968. The number of methoxy groups -OCH3 is 1. The van der Waals surface area contributed by atoms with Crippen LogP contribution in [-0.2, 0) is 20.7 Å². The summed E-state index contributed by atoms with van der Waals surface area (Å²) in [5.74, 6) is -0.398. The van der Waals surface area contributed by atoms with E-state index in [0.717, 1.165) is 5.56 Å². The van der Waals surface area contributed by atoms with Crippen molar-refractivity contribution in [1.82, 2.24) is 0 Å². The molecule has 0 saturated heterocycles. The van der Waals surface area contributed by atoms with E-state index in [2.05, 4.69) is 5.32 Å². The van der Waals surface area contributed by atoms with Gasteiger partial charge in [-0.15, -0.1) is 0 Å². The number of hydrogen-bond acceptors (Lipinski definition) is 5. The van der Waals surface area contributed by atoms with Gasteiger partial charge in [0.05, 0.1) is 25.2 Å². The first kappa shape index (κ1) is 19.0. The summed E-state index contributed by atoms with van der Waals surface area (Å²) in [5.41, 5.74) is 2.60. The molecule has 0 bridgehead atoms. The van der Waals surface area contributed by atoms with Gasteiger partial charge < -0.3 is 14.8 Å². The van der Waals surface area contributed by atoms with Crippen LogP contribution in [0.1, 0.15) is 23.6 Å². The molecule has 1 amide bonds. The summed E-state index contributed by atoms with van der Waals surface area (Å²) in [4.78, 5) is 24.3. The first-order valence-electron chi connectivity index (χ1n) is 8.07. The standard InChI is InChI=1S/C20H20N2O4/c1-13-7-8-18(25-3)16(9-13)11-19(23)26-14(2)20(24)22-17-6-4-5-15(10-17)12-21/h4-10,14H,11H2,1-3H3,(H,22,24)/t14-/m0/s1. The van der Waals surface area contributed by atoms with E-state index in [4.69, 9.17) is 14.7 Å². The van der Waals surface area contributed by atoms with Crippen LogP contribution in [-0.4, -0.2) is 25.1 Å². The number of esters is 1. The molecular weight excluding hydrogens is 332 g/mol. The van der Waals surface area contributed by atoms with Gasteiger partial charge in [-0.1, -0.05) is 23.8 Å². The number of benzene rings is 2. The molecule has 2 aromatic carbocycles. The van der Waals surface area contributed by atoms with Crippen LogP contribution in [0, 0.1) is 18.3 Å². The Bertz CT molecular complexity index is 855. The Kier molecular flexibility index (Phi) is 6.34. The number of amides is 1. The molecule has 0 saturated carbocycles. The number of aryl methyl sites for hydroxylation is 1. The Balaban J connectivity index is 1.97. The zero-order valence-corrected chi connectivity index (χ0v) is 14.9. The monoisotopic (exact) mass is 352 g/mol. The molecule has 6 heteroatoms. The van der Waals surface area contributed by atoms with Crippen molar-refractivity contribution in [3.63, 3.8) is 0 Å². The summed E-state index contributed by atoms with van der Waals surface area (Å²) in [5, 5.41) is 11.5. The maximum absolute atomic E-state index is 12.2. The van der Waals surface area contributed by atoms with E-state index in [0.29, 0.717) is 22.6 Å². The maximum atomic E-state index is 12.2. The molecule has 2 rings (SSSR count). The van der Waals surface area contributed by atoms with Gasteiger partial charge in [0.25, 0.3) is 5.91 Å². The van der Waals surface area contributed by atoms with Crippen molar-refractivity contribution in [3.8, 4) is 11.8 Å². The lowest BCUT2D eigenvalue weighted by Crippen LogP contribution is -2.30. The van der Waals surface area contributed by atoms with Gasteiger partial charge in [-0.05, 0) is 38.1 Å². The Morgan fingerprint density at radius 3 is 2.69 bits per heavy atom. The molecule has 1 atom stereocenters. The molecular formula is C20H20N2O4. The van der Waals surface area contributed by atoms with E-state index in [1.165, 1.54) is 14.0 Å². The molecule has 0 spiro atoms. The number of carbonyl (C=O) groups excluding carboxylic acids is 2. The van der Waals surface area contributed by atoms with Crippen molar-refractivity contribution in [2.75, 3.05) is 12.4 Å². The summed E-state index contributed by atoms with van der Waals surface area (Å²) in [6.07, 6.45) is -0.962. The van der Waals surface area contributed by atoms with Crippen LogP contribution < -0.4 is 10.1 Å². The zero-order valence-electron chi connectivity index (χ0n) is 14.9. The molecule has 0 radical (unpaired) electrons. The lowest BCUT2D eigenvalue weighted by molar-refractivity contribution is -0.152. The Morgan fingerprint density at radius 2 is 2.00 bits per heavy atom. The SMILES string of the molecule is COc1ccc(C)cc1CC(=O)O[C@@H](C)C(=O)Nc1cccc(C#N)c1. The highest BCUT2D eigenvalue weighted by molar-refractivity contribution is 5.95. The number of anilines is 1. The molecule has 0 aromatic heterocycles. The van der Waals surface area contributed by atoms with Gasteiger partial charge in [0.1, 0.15) is 5.75 Å². The topological polar surface area (TPSA) is 88.4 Å². The maximum Gasteiger partial charge on any atom is 0.311 e. The number of ether oxygens (including phenoxy) is 2. The van der Waals surface area contributed by atoms with Crippen molar-refractivity contribution < 1.29 is 19.1 Å². The molecule has 0 aliphatic carbocycles. The molecule has 26 heavy (non-hydrogen) atoms. The second kappa shape index (κ2) is 8.67. The number of hydrogen-bond donors (Lipinski definition) is 1. The van der Waals surface area contributed by atoms with Crippen molar-refractivity contribution in [2.45, 2.75) is 26.4 Å². The third kappa shape index (κ3) is 5.08. The second-order valence-corrected chi connectivity index (χ2v) is 5.81. The van der Waals surface area contributed by atoms with Crippen LogP contribution in [0.5, 0.6) is 5.75 Å². The van der Waals surface area contributed by atoms with E-state index >= 15 is 0 Å². The van der Waals surface area contributed by atoms with Gasteiger partial charge in [0.15, 0.2) is 6.10 Å². The van der Waals surface area contributed by atoms with E-state index < -0.39 is 18.0 Å². The minimum Gasteiger partial charge on any atom is -0.496 e. The molecule has 0 aliphatic heterocycles. The third-order valence-electron chi connectivity index (χ3n) is 3.71. The van der Waals surface area contributed by atoms with Crippen molar-refractivity contribution in [2.24, 2.45) is 0 Å². The van der Waals surface area contributed by atoms with E-state index in [9.17, 15) is 9.59 Å². The Labute approximate surface area is 152 Å². The molecule has 0 aliphatic rings. The van der Waals surface area contributed by atoms with Crippen LogP contribution >= 0.6 is 0 Å². The molecule has 1 N–H and O–H groups in total. The molecule has 2 aromatic rings. The number of nitrogens with one attached hydrogen (secondary N) is 1. The minimum absolute atomic E-state index is 0.00634. The predicted octanol–water partition coefficient (Wildman–Crippen LogP) is 2.99. The van der Waals surface area contributed by atoms with Crippen molar-refractivity contribution in [1.29, 1.82) is 5.26 Å². The van der Waals surface area contributed by atoms with Gasteiger partial charge >= 0.3 is 5.97 Å². The fraction of sp³-hybridized carbons (Fsp3) is 0.250. The van der Waals surface area contributed by atoms with Crippen LogP contribution in [0.4, 0.5) is 5.69 Å². The Morgan fingerprint density at radius 1 is 1.23 bits per heavy atom. The third-order valence-corrected chi connectivity index (χ3v) is 3.71. The number of nitrogens with zero attached hydrogens (tertiary/aromatic N) is 1. The highest BCUT2D eigenvalue weighted by Gasteiger charge is 2.19. The van der Waals surface area contributed by atoms with Gasteiger partial charge in [-0.3, -0.25) is 9.59 Å². The largest absolute Gasteiger partial charge is 0.496 e. The van der Waals surface area contributed by atoms with E-state index in [1.54, 1.807) is 30.3 Å².